The molecule has 6 nitrogen and oxygen atoms in total. The average molecular weight is 508 g/mol. The standard InChI is InChI=1S/C28H28F3N5O/c29-28(30,31)26-17-25(36(34-26)23-8-3-5-20(15-23)18-32)27(37)33-22-7-4-6-21(16-22)24(12-11-19-9-10-19)35-13-1-2-14-35/h3-8,15-17,19,24H,1-2,9-14H2,(H,33,37). The Morgan fingerprint density at radius 2 is 1.86 bits per heavy atom. The van der Waals surface area contributed by atoms with Gasteiger partial charge in [0.25, 0.3) is 5.91 Å². The van der Waals surface area contributed by atoms with Gasteiger partial charge in [0, 0.05) is 17.8 Å². The summed E-state index contributed by atoms with van der Waals surface area (Å²) in [5, 5.41) is 15.6. The van der Waals surface area contributed by atoms with Gasteiger partial charge in [0.05, 0.1) is 17.3 Å². The molecule has 1 aliphatic carbocycles. The zero-order chi connectivity index (χ0) is 26.0. The fraction of sp³-hybridized carbons (Fsp3) is 0.393. The lowest BCUT2D eigenvalue weighted by Crippen LogP contribution is -2.26. The van der Waals surface area contributed by atoms with Crippen LogP contribution in [0.4, 0.5) is 18.9 Å². The maximum absolute atomic E-state index is 13.5. The van der Waals surface area contributed by atoms with Gasteiger partial charge in [-0.15, -0.1) is 0 Å². The Morgan fingerprint density at radius 1 is 1.11 bits per heavy atom. The topological polar surface area (TPSA) is 73.9 Å². The van der Waals surface area contributed by atoms with Gasteiger partial charge in [-0.2, -0.15) is 23.5 Å². The largest absolute Gasteiger partial charge is 0.435 e. The van der Waals surface area contributed by atoms with Crippen LogP contribution in [0.15, 0.2) is 54.6 Å². The third-order valence-electron chi connectivity index (χ3n) is 7.11. The zero-order valence-electron chi connectivity index (χ0n) is 20.3. The molecule has 1 aliphatic heterocycles. The molecular weight excluding hydrogens is 479 g/mol. The molecule has 2 fully saturated rings. The van der Waals surface area contributed by atoms with E-state index in [9.17, 15) is 23.2 Å². The van der Waals surface area contributed by atoms with E-state index >= 15 is 0 Å². The summed E-state index contributed by atoms with van der Waals surface area (Å²) in [5.41, 5.74) is 0.625. The van der Waals surface area contributed by atoms with Crippen LogP contribution in [0, 0.1) is 17.2 Å². The zero-order valence-corrected chi connectivity index (χ0v) is 20.3. The molecule has 192 valence electrons. The molecule has 1 unspecified atom stereocenters. The maximum atomic E-state index is 13.5. The molecular formula is C28H28F3N5O. The fourth-order valence-electron chi connectivity index (χ4n) is 5.02. The van der Waals surface area contributed by atoms with Crippen LogP contribution in [0.25, 0.3) is 5.69 Å². The number of alkyl halides is 3. The van der Waals surface area contributed by atoms with E-state index in [4.69, 9.17) is 0 Å². The van der Waals surface area contributed by atoms with Gasteiger partial charge in [0.1, 0.15) is 5.69 Å². The summed E-state index contributed by atoms with van der Waals surface area (Å²) in [6.45, 7) is 2.10. The lowest BCUT2D eigenvalue weighted by atomic mass is 9.98. The number of anilines is 1. The SMILES string of the molecule is N#Cc1cccc(-n2nc(C(F)(F)F)cc2C(=O)Nc2cccc(C(CCC3CC3)N3CCCC3)c2)c1. The predicted molar refractivity (Wildman–Crippen MR) is 133 cm³/mol. The number of aromatic nitrogens is 2. The van der Waals surface area contributed by atoms with Crippen molar-refractivity contribution in [3.05, 3.63) is 77.1 Å². The van der Waals surface area contributed by atoms with Crippen molar-refractivity contribution in [1.29, 1.82) is 5.26 Å². The van der Waals surface area contributed by atoms with Gasteiger partial charge >= 0.3 is 6.18 Å². The van der Waals surface area contributed by atoms with Crippen LogP contribution in [0.1, 0.15) is 71.9 Å². The van der Waals surface area contributed by atoms with E-state index in [2.05, 4.69) is 21.4 Å². The Bertz CT molecular complexity index is 1320. The molecule has 9 heteroatoms. The molecule has 1 aromatic heterocycles. The van der Waals surface area contributed by atoms with Gasteiger partial charge in [-0.05, 0) is 80.6 Å². The van der Waals surface area contributed by atoms with Crippen molar-refractivity contribution in [2.75, 3.05) is 18.4 Å². The lowest BCUT2D eigenvalue weighted by molar-refractivity contribution is -0.141. The number of hydrogen-bond acceptors (Lipinski definition) is 4. The first-order valence-electron chi connectivity index (χ1n) is 12.6. The Morgan fingerprint density at radius 3 is 2.57 bits per heavy atom. The van der Waals surface area contributed by atoms with Crippen molar-refractivity contribution in [2.24, 2.45) is 5.92 Å². The van der Waals surface area contributed by atoms with E-state index in [0.29, 0.717) is 5.69 Å². The summed E-state index contributed by atoms with van der Waals surface area (Å²) in [6.07, 6.45) is 2.46. The second-order valence-electron chi connectivity index (χ2n) is 9.85. The lowest BCUT2D eigenvalue weighted by Gasteiger charge is -2.28. The highest BCUT2D eigenvalue weighted by Crippen LogP contribution is 2.39. The van der Waals surface area contributed by atoms with Gasteiger partial charge in [-0.1, -0.05) is 31.0 Å². The van der Waals surface area contributed by atoms with Gasteiger partial charge in [-0.25, -0.2) is 4.68 Å². The number of hydrogen-bond donors (Lipinski definition) is 1. The van der Waals surface area contributed by atoms with Crippen LogP contribution in [-0.4, -0.2) is 33.7 Å². The van der Waals surface area contributed by atoms with Crippen molar-refractivity contribution in [3.8, 4) is 11.8 Å². The first-order valence-corrected chi connectivity index (χ1v) is 12.6. The number of carbonyl (C=O) groups excluding carboxylic acids is 1. The van der Waals surface area contributed by atoms with Crippen molar-refractivity contribution < 1.29 is 18.0 Å². The minimum absolute atomic E-state index is 0.197. The van der Waals surface area contributed by atoms with Crippen molar-refractivity contribution in [3.63, 3.8) is 0 Å². The van der Waals surface area contributed by atoms with E-state index in [1.54, 1.807) is 6.07 Å². The summed E-state index contributed by atoms with van der Waals surface area (Å²) in [6, 6.07) is 16.5. The minimum Gasteiger partial charge on any atom is -0.321 e. The highest BCUT2D eigenvalue weighted by Gasteiger charge is 2.36. The minimum atomic E-state index is -4.72. The Labute approximate surface area is 213 Å². The molecule has 0 spiro atoms. The Kier molecular flexibility index (Phi) is 7.02. The molecule has 0 bridgehead atoms. The quantitative estimate of drug-likeness (QED) is 0.386. The number of carbonyl (C=O) groups is 1. The molecule has 3 aromatic rings. The second-order valence-corrected chi connectivity index (χ2v) is 9.85. The van der Waals surface area contributed by atoms with Crippen molar-refractivity contribution in [1.82, 2.24) is 14.7 Å². The molecule has 1 amide bonds. The van der Waals surface area contributed by atoms with Crippen LogP contribution >= 0.6 is 0 Å². The molecule has 1 atom stereocenters. The van der Waals surface area contributed by atoms with Crippen molar-refractivity contribution >= 4 is 11.6 Å². The molecule has 1 saturated carbocycles. The average Bonchev–Trinajstić information content (AvgIpc) is 3.35. The summed E-state index contributed by atoms with van der Waals surface area (Å²) in [5.74, 6) is 0.105. The first-order chi connectivity index (χ1) is 17.8. The third kappa shape index (κ3) is 5.86. The van der Waals surface area contributed by atoms with Crippen LogP contribution < -0.4 is 5.32 Å². The summed E-state index contributed by atoms with van der Waals surface area (Å²) >= 11 is 0. The van der Waals surface area contributed by atoms with Crippen LogP contribution in [-0.2, 0) is 6.18 Å². The number of nitrogens with one attached hydrogen (secondary N) is 1. The second kappa shape index (κ2) is 10.4. The van der Waals surface area contributed by atoms with Crippen LogP contribution in [0.3, 0.4) is 0 Å². The molecule has 1 saturated heterocycles. The van der Waals surface area contributed by atoms with E-state index in [-0.39, 0.29) is 23.0 Å². The summed E-state index contributed by atoms with van der Waals surface area (Å²) in [4.78, 5) is 15.7. The smallest absolute Gasteiger partial charge is 0.321 e. The van der Waals surface area contributed by atoms with Gasteiger partial charge in [-0.3, -0.25) is 9.69 Å². The number of benzene rings is 2. The number of nitrogens with zero attached hydrogens (tertiary/aromatic N) is 4. The van der Waals surface area contributed by atoms with Gasteiger partial charge in [0.15, 0.2) is 5.69 Å². The normalized spacial score (nSPS) is 16.9. The van der Waals surface area contributed by atoms with E-state index in [1.165, 1.54) is 56.4 Å². The molecule has 0 radical (unpaired) electrons. The van der Waals surface area contributed by atoms with E-state index in [1.807, 2.05) is 18.2 Å². The molecule has 1 N–H and O–H groups in total. The Balaban J connectivity index is 1.42. The van der Waals surface area contributed by atoms with Gasteiger partial charge < -0.3 is 5.32 Å². The van der Waals surface area contributed by atoms with Crippen LogP contribution in [0.2, 0.25) is 0 Å². The monoisotopic (exact) mass is 507 g/mol. The molecule has 2 aliphatic rings. The summed E-state index contributed by atoms with van der Waals surface area (Å²) in [7, 11) is 0. The highest BCUT2D eigenvalue weighted by molar-refractivity contribution is 6.03. The number of rotatable bonds is 8. The molecule has 2 aromatic carbocycles. The first kappa shape index (κ1) is 25.0. The number of halogens is 3. The third-order valence-corrected chi connectivity index (χ3v) is 7.11. The van der Waals surface area contributed by atoms with Crippen molar-refractivity contribution in [2.45, 2.75) is 50.7 Å². The molecule has 2 heterocycles. The Hall–Kier alpha value is -3.64. The van der Waals surface area contributed by atoms with Gasteiger partial charge in [0.2, 0.25) is 0 Å². The van der Waals surface area contributed by atoms with E-state index < -0.39 is 17.8 Å². The number of likely N-dealkylation sites (tertiary alicyclic amines) is 1. The maximum Gasteiger partial charge on any atom is 0.435 e. The predicted octanol–water partition coefficient (Wildman–Crippen LogP) is 6.34. The number of nitriles is 1. The number of amides is 1. The molecule has 5 rings (SSSR count). The van der Waals surface area contributed by atoms with E-state index in [0.717, 1.165) is 41.7 Å². The van der Waals surface area contributed by atoms with Crippen LogP contribution in [0.5, 0.6) is 0 Å². The summed E-state index contributed by atoms with van der Waals surface area (Å²) < 4.78 is 41.4. The highest BCUT2D eigenvalue weighted by atomic mass is 19.4. The molecule has 37 heavy (non-hydrogen) atoms. The fourth-order valence-corrected chi connectivity index (χ4v) is 5.02.